The quantitative estimate of drug-likeness (QED) is 0.902. The van der Waals surface area contributed by atoms with E-state index in [-0.39, 0.29) is 6.04 Å². The van der Waals surface area contributed by atoms with Crippen LogP contribution in [0.15, 0.2) is 42.7 Å². The van der Waals surface area contributed by atoms with Crippen LogP contribution in [0.2, 0.25) is 5.02 Å². The molecule has 2 rings (SSSR count). The van der Waals surface area contributed by atoms with E-state index in [0.717, 1.165) is 17.1 Å². The van der Waals surface area contributed by atoms with Gasteiger partial charge in [-0.05, 0) is 42.7 Å². The Hall–Kier alpha value is -1.38. The summed E-state index contributed by atoms with van der Waals surface area (Å²) in [5, 5.41) is 4.27. The van der Waals surface area contributed by atoms with Crippen LogP contribution in [0.25, 0.3) is 0 Å². The maximum atomic E-state index is 6.21. The van der Waals surface area contributed by atoms with Gasteiger partial charge < -0.3 is 5.32 Å². The molecular weight excluding hydrogens is 244 g/mol. The summed E-state index contributed by atoms with van der Waals surface area (Å²) >= 11 is 6.21. The van der Waals surface area contributed by atoms with E-state index in [0.29, 0.717) is 0 Å². The molecule has 0 aliphatic rings. The fourth-order valence-electron chi connectivity index (χ4n) is 1.81. The first-order valence-corrected chi connectivity index (χ1v) is 6.43. The highest BCUT2D eigenvalue weighted by Crippen LogP contribution is 2.19. The van der Waals surface area contributed by atoms with Crippen molar-refractivity contribution >= 4 is 11.6 Å². The lowest BCUT2D eigenvalue weighted by Crippen LogP contribution is -2.18. The van der Waals surface area contributed by atoms with Crippen molar-refractivity contribution in [3.8, 4) is 0 Å². The Bertz CT molecular complexity index is 511. The number of benzene rings is 1. The molecule has 2 nitrogen and oxygen atoms in total. The molecule has 0 saturated heterocycles. The zero-order valence-corrected chi connectivity index (χ0v) is 11.4. The van der Waals surface area contributed by atoms with Gasteiger partial charge in [-0.2, -0.15) is 0 Å². The fourth-order valence-corrected chi connectivity index (χ4v) is 2.11. The Kier molecular flexibility index (Phi) is 4.34. The summed E-state index contributed by atoms with van der Waals surface area (Å²) in [6, 6.07) is 10.4. The normalized spacial score (nSPS) is 12.4. The molecule has 0 unspecified atom stereocenters. The minimum absolute atomic E-state index is 0.260. The maximum absolute atomic E-state index is 6.21. The van der Waals surface area contributed by atoms with Crippen molar-refractivity contribution in [3.05, 3.63) is 64.4 Å². The summed E-state index contributed by atoms with van der Waals surface area (Å²) in [5.74, 6) is 0. The van der Waals surface area contributed by atoms with Crippen LogP contribution in [-0.4, -0.2) is 4.98 Å². The van der Waals surface area contributed by atoms with Crippen LogP contribution in [0.3, 0.4) is 0 Å². The summed E-state index contributed by atoms with van der Waals surface area (Å²) in [5.41, 5.74) is 3.49. The van der Waals surface area contributed by atoms with Crippen molar-refractivity contribution in [1.82, 2.24) is 10.3 Å². The highest BCUT2D eigenvalue weighted by molar-refractivity contribution is 6.31. The molecule has 0 aliphatic heterocycles. The van der Waals surface area contributed by atoms with Crippen LogP contribution in [0.1, 0.15) is 29.7 Å². The first-order chi connectivity index (χ1) is 8.66. The second-order valence-electron chi connectivity index (χ2n) is 4.48. The number of hydrogen-bond donors (Lipinski definition) is 1. The second kappa shape index (κ2) is 5.98. The molecule has 3 heteroatoms. The van der Waals surface area contributed by atoms with Crippen molar-refractivity contribution in [2.24, 2.45) is 0 Å². The van der Waals surface area contributed by atoms with Gasteiger partial charge in [0.15, 0.2) is 0 Å². The van der Waals surface area contributed by atoms with E-state index in [2.05, 4.69) is 35.4 Å². The molecule has 1 heterocycles. The first-order valence-electron chi connectivity index (χ1n) is 6.05. The molecule has 0 spiro atoms. The number of nitrogens with one attached hydrogen (secondary N) is 1. The SMILES string of the molecule is Cc1ccc(CN[C@@H](C)c2cccnc2)c(Cl)c1. The van der Waals surface area contributed by atoms with Gasteiger partial charge in [0, 0.05) is 30.0 Å². The first kappa shape index (κ1) is 13.1. The van der Waals surface area contributed by atoms with Crippen LogP contribution in [0.4, 0.5) is 0 Å². The molecule has 1 N–H and O–H groups in total. The predicted octanol–water partition coefficient (Wildman–Crippen LogP) is 3.89. The standard InChI is InChI=1S/C15H17ClN2/c1-11-5-6-14(15(16)8-11)10-18-12(2)13-4-3-7-17-9-13/h3-9,12,18H,10H2,1-2H3/t12-/m0/s1. The van der Waals surface area contributed by atoms with Gasteiger partial charge >= 0.3 is 0 Å². The Morgan fingerprint density at radius 1 is 1.33 bits per heavy atom. The van der Waals surface area contributed by atoms with Gasteiger partial charge in [0.1, 0.15) is 0 Å². The minimum Gasteiger partial charge on any atom is -0.306 e. The fraction of sp³-hybridized carbons (Fsp3) is 0.267. The van der Waals surface area contributed by atoms with Crippen LogP contribution in [0, 0.1) is 6.92 Å². The number of aromatic nitrogens is 1. The molecule has 0 fully saturated rings. The molecule has 0 amide bonds. The Morgan fingerprint density at radius 3 is 2.83 bits per heavy atom. The molecule has 1 aromatic carbocycles. The number of nitrogens with zero attached hydrogens (tertiary/aromatic N) is 1. The van der Waals surface area contributed by atoms with Crippen LogP contribution >= 0.6 is 11.6 Å². The van der Waals surface area contributed by atoms with Crippen LogP contribution in [0.5, 0.6) is 0 Å². The summed E-state index contributed by atoms with van der Waals surface area (Å²) in [4.78, 5) is 4.12. The molecule has 0 bridgehead atoms. The third kappa shape index (κ3) is 3.31. The van der Waals surface area contributed by atoms with E-state index in [9.17, 15) is 0 Å². The number of hydrogen-bond acceptors (Lipinski definition) is 2. The smallest absolute Gasteiger partial charge is 0.0453 e. The van der Waals surface area contributed by atoms with Crippen molar-refractivity contribution in [2.45, 2.75) is 26.4 Å². The van der Waals surface area contributed by atoms with Gasteiger partial charge in [0.05, 0.1) is 0 Å². The third-order valence-electron chi connectivity index (χ3n) is 2.99. The van der Waals surface area contributed by atoms with E-state index in [1.54, 1.807) is 6.20 Å². The van der Waals surface area contributed by atoms with Crippen molar-refractivity contribution < 1.29 is 0 Å². The summed E-state index contributed by atoms with van der Waals surface area (Å²) in [7, 11) is 0. The van der Waals surface area contributed by atoms with Gasteiger partial charge in [-0.15, -0.1) is 0 Å². The molecule has 0 aliphatic carbocycles. The maximum Gasteiger partial charge on any atom is 0.0453 e. The average Bonchev–Trinajstić information content (AvgIpc) is 2.38. The summed E-state index contributed by atoms with van der Waals surface area (Å²) in [6.07, 6.45) is 3.67. The predicted molar refractivity (Wildman–Crippen MR) is 75.7 cm³/mol. The van der Waals surface area contributed by atoms with Crippen molar-refractivity contribution in [3.63, 3.8) is 0 Å². The van der Waals surface area contributed by atoms with E-state index in [4.69, 9.17) is 11.6 Å². The highest BCUT2D eigenvalue weighted by Gasteiger charge is 2.06. The molecule has 18 heavy (non-hydrogen) atoms. The molecule has 0 saturated carbocycles. The lowest BCUT2D eigenvalue weighted by atomic mass is 10.1. The Morgan fingerprint density at radius 2 is 2.17 bits per heavy atom. The van der Waals surface area contributed by atoms with Gasteiger partial charge in [-0.3, -0.25) is 4.98 Å². The summed E-state index contributed by atoms with van der Waals surface area (Å²) < 4.78 is 0. The molecule has 1 atom stereocenters. The van der Waals surface area contributed by atoms with Crippen molar-refractivity contribution in [2.75, 3.05) is 0 Å². The van der Waals surface area contributed by atoms with Crippen LogP contribution in [-0.2, 0) is 6.54 Å². The average molecular weight is 261 g/mol. The van der Waals surface area contributed by atoms with E-state index in [1.807, 2.05) is 25.3 Å². The zero-order chi connectivity index (χ0) is 13.0. The van der Waals surface area contributed by atoms with Crippen molar-refractivity contribution in [1.29, 1.82) is 0 Å². The Labute approximate surface area is 113 Å². The number of pyridine rings is 1. The largest absolute Gasteiger partial charge is 0.306 e. The van der Waals surface area contributed by atoms with E-state index >= 15 is 0 Å². The van der Waals surface area contributed by atoms with Gasteiger partial charge in [-0.1, -0.05) is 29.8 Å². The third-order valence-corrected chi connectivity index (χ3v) is 3.34. The van der Waals surface area contributed by atoms with Gasteiger partial charge in [0.2, 0.25) is 0 Å². The van der Waals surface area contributed by atoms with E-state index < -0.39 is 0 Å². The number of aryl methyl sites for hydroxylation is 1. The topological polar surface area (TPSA) is 24.9 Å². The second-order valence-corrected chi connectivity index (χ2v) is 4.89. The Balaban J connectivity index is 1.99. The highest BCUT2D eigenvalue weighted by atomic mass is 35.5. The lowest BCUT2D eigenvalue weighted by molar-refractivity contribution is 0.573. The van der Waals surface area contributed by atoms with Crippen LogP contribution < -0.4 is 5.32 Å². The molecule has 1 aromatic heterocycles. The monoisotopic (exact) mass is 260 g/mol. The number of halogens is 1. The molecule has 94 valence electrons. The zero-order valence-electron chi connectivity index (χ0n) is 10.7. The number of rotatable bonds is 4. The lowest BCUT2D eigenvalue weighted by Gasteiger charge is -2.14. The molecular formula is C15H17ClN2. The van der Waals surface area contributed by atoms with E-state index in [1.165, 1.54) is 11.1 Å². The minimum atomic E-state index is 0.260. The molecule has 0 radical (unpaired) electrons. The van der Waals surface area contributed by atoms with Gasteiger partial charge in [-0.25, -0.2) is 0 Å². The molecule has 2 aromatic rings. The summed E-state index contributed by atoms with van der Waals surface area (Å²) in [6.45, 7) is 4.93. The van der Waals surface area contributed by atoms with Gasteiger partial charge in [0.25, 0.3) is 0 Å².